The van der Waals surface area contributed by atoms with Crippen LogP contribution in [0.2, 0.25) is 0 Å². The average molecular weight is 236 g/mol. The molecule has 17 heavy (non-hydrogen) atoms. The van der Waals surface area contributed by atoms with Gasteiger partial charge in [-0.05, 0) is 38.8 Å². The van der Waals surface area contributed by atoms with Crippen molar-refractivity contribution in [3.05, 3.63) is 11.6 Å². The summed E-state index contributed by atoms with van der Waals surface area (Å²) in [4.78, 5) is 4.68. The Kier molecular flexibility index (Phi) is 3.38. The van der Waals surface area contributed by atoms with Gasteiger partial charge in [-0.2, -0.15) is 5.10 Å². The lowest BCUT2D eigenvalue weighted by Gasteiger charge is -2.20. The van der Waals surface area contributed by atoms with E-state index in [1.54, 1.807) is 0 Å². The van der Waals surface area contributed by atoms with Crippen LogP contribution in [0.5, 0.6) is 0 Å². The first-order valence-corrected chi connectivity index (χ1v) is 6.64. The molecule has 2 fully saturated rings. The van der Waals surface area contributed by atoms with E-state index in [0.717, 1.165) is 63.6 Å². The predicted octanol–water partition coefficient (Wildman–Crippen LogP) is 1.17. The Bertz CT molecular complexity index is 321. The number of nitrogens with one attached hydrogen (secondary N) is 2. The summed E-state index contributed by atoms with van der Waals surface area (Å²) < 4.78 is 5.49. The van der Waals surface area contributed by atoms with Gasteiger partial charge >= 0.3 is 0 Å². The van der Waals surface area contributed by atoms with Crippen LogP contribution in [0.1, 0.15) is 49.2 Å². The van der Waals surface area contributed by atoms with Gasteiger partial charge in [-0.1, -0.05) is 0 Å². The van der Waals surface area contributed by atoms with Crippen molar-refractivity contribution < 1.29 is 4.74 Å². The Labute approximate surface area is 101 Å². The first kappa shape index (κ1) is 11.2. The van der Waals surface area contributed by atoms with Crippen LogP contribution in [0.4, 0.5) is 0 Å². The fourth-order valence-corrected chi connectivity index (χ4v) is 2.69. The third-order valence-corrected chi connectivity index (χ3v) is 3.77. The zero-order valence-corrected chi connectivity index (χ0v) is 10.1. The summed E-state index contributed by atoms with van der Waals surface area (Å²) in [5, 5.41) is 10.9. The van der Waals surface area contributed by atoms with Crippen molar-refractivity contribution in [3.8, 4) is 0 Å². The normalized spacial score (nSPS) is 27.2. The molecule has 0 saturated carbocycles. The van der Waals surface area contributed by atoms with Crippen LogP contribution in [-0.2, 0) is 4.74 Å². The van der Waals surface area contributed by atoms with Gasteiger partial charge in [-0.3, -0.25) is 5.10 Å². The van der Waals surface area contributed by atoms with Crippen molar-refractivity contribution in [1.29, 1.82) is 0 Å². The molecular formula is C12H20N4O. The van der Waals surface area contributed by atoms with Crippen LogP contribution in [0, 0.1) is 0 Å². The van der Waals surface area contributed by atoms with E-state index in [0.29, 0.717) is 11.8 Å². The molecule has 1 unspecified atom stereocenters. The molecule has 0 amide bonds. The molecule has 94 valence electrons. The summed E-state index contributed by atoms with van der Waals surface area (Å²) in [5.41, 5.74) is 0. The van der Waals surface area contributed by atoms with Gasteiger partial charge in [-0.25, -0.2) is 4.98 Å². The Morgan fingerprint density at radius 2 is 2.00 bits per heavy atom. The Morgan fingerprint density at radius 3 is 2.76 bits per heavy atom. The highest BCUT2D eigenvalue weighted by Gasteiger charge is 2.23. The SMILES string of the molecule is C1COCC(c2n[nH]c(C3CCNCC3)n2)C1. The van der Waals surface area contributed by atoms with Crippen molar-refractivity contribution >= 4 is 0 Å². The summed E-state index contributed by atoms with van der Waals surface area (Å²) in [6.45, 7) is 3.85. The molecule has 0 bridgehead atoms. The summed E-state index contributed by atoms with van der Waals surface area (Å²) in [6.07, 6.45) is 4.61. The second-order valence-corrected chi connectivity index (χ2v) is 5.02. The zero-order valence-electron chi connectivity index (χ0n) is 10.1. The molecule has 0 radical (unpaired) electrons. The minimum absolute atomic E-state index is 0.399. The Morgan fingerprint density at radius 1 is 1.12 bits per heavy atom. The highest BCUT2D eigenvalue weighted by Crippen LogP contribution is 2.26. The number of rotatable bonds is 2. The molecule has 1 atom stereocenters. The lowest BCUT2D eigenvalue weighted by atomic mass is 9.97. The van der Waals surface area contributed by atoms with Gasteiger partial charge in [0.15, 0.2) is 5.82 Å². The maximum atomic E-state index is 5.49. The molecule has 3 rings (SSSR count). The van der Waals surface area contributed by atoms with Gasteiger partial charge in [0.05, 0.1) is 6.61 Å². The van der Waals surface area contributed by atoms with E-state index in [1.165, 1.54) is 0 Å². The summed E-state index contributed by atoms with van der Waals surface area (Å²) >= 11 is 0. The molecule has 2 N–H and O–H groups in total. The van der Waals surface area contributed by atoms with E-state index in [9.17, 15) is 0 Å². The molecule has 1 aromatic rings. The number of hydrogen-bond donors (Lipinski definition) is 2. The summed E-state index contributed by atoms with van der Waals surface area (Å²) in [5.74, 6) is 2.99. The minimum Gasteiger partial charge on any atom is -0.381 e. The van der Waals surface area contributed by atoms with Crippen LogP contribution in [-0.4, -0.2) is 41.5 Å². The van der Waals surface area contributed by atoms with Crippen LogP contribution < -0.4 is 5.32 Å². The second kappa shape index (κ2) is 5.14. The van der Waals surface area contributed by atoms with Crippen molar-refractivity contribution in [1.82, 2.24) is 20.5 Å². The predicted molar refractivity (Wildman–Crippen MR) is 64.0 cm³/mol. The standard InChI is InChI=1S/C12H20N4O/c1-2-10(8-17-7-1)12-14-11(15-16-12)9-3-5-13-6-4-9/h9-10,13H,1-8H2,(H,14,15,16). The van der Waals surface area contributed by atoms with Crippen LogP contribution in [0.3, 0.4) is 0 Å². The zero-order chi connectivity index (χ0) is 11.5. The number of aromatic nitrogens is 3. The van der Waals surface area contributed by atoms with Crippen LogP contribution >= 0.6 is 0 Å². The number of aromatic amines is 1. The second-order valence-electron chi connectivity index (χ2n) is 5.02. The van der Waals surface area contributed by atoms with E-state index in [1.807, 2.05) is 0 Å². The third-order valence-electron chi connectivity index (χ3n) is 3.77. The molecule has 0 aliphatic carbocycles. The molecule has 2 aliphatic rings. The van der Waals surface area contributed by atoms with Gasteiger partial charge < -0.3 is 10.1 Å². The maximum Gasteiger partial charge on any atom is 0.156 e. The highest BCUT2D eigenvalue weighted by molar-refractivity contribution is 5.04. The number of ether oxygens (including phenoxy) is 1. The molecule has 2 aliphatic heterocycles. The average Bonchev–Trinajstić information content (AvgIpc) is 2.90. The van der Waals surface area contributed by atoms with Crippen molar-refractivity contribution in [2.24, 2.45) is 0 Å². The Balaban J connectivity index is 1.68. The van der Waals surface area contributed by atoms with E-state index in [4.69, 9.17) is 4.74 Å². The van der Waals surface area contributed by atoms with Crippen molar-refractivity contribution in [2.75, 3.05) is 26.3 Å². The number of nitrogens with zero attached hydrogens (tertiary/aromatic N) is 2. The van der Waals surface area contributed by atoms with Gasteiger partial charge in [0, 0.05) is 18.4 Å². The van der Waals surface area contributed by atoms with Crippen molar-refractivity contribution in [3.63, 3.8) is 0 Å². The fraction of sp³-hybridized carbons (Fsp3) is 0.833. The largest absolute Gasteiger partial charge is 0.381 e. The Hall–Kier alpha value is -0.940. The smallest absolute Gasteiger partial charge is 0.156 e. The molecule has 2 saturated heterocycles. The van der Waals surface area contributed by atoms with Gasteiger partial charge in [0.25, 0.3) is 0 Å². The molecule has 1 aromatic heterocycles. The first-order valence-electron chi connectivity index (χ1n) is 6.64. The lowest BCUT2D eigenvalue weighted by molar-refractivity contribution is 0.0781. The number of piperidine rings is 1. The maximum absolute atomic E-state index is 5.49. The lowest BCUT2D eigenvalue weighted by Crippen LogP contribution is -2.27. The van der Waals surface area contributed by atoms with E-state index in [-0.39, 0.29) is 0 Å². The first-order chi connectivity index (χ1) is 8.43. The summed E-state index contributed by atoms with van der Waals surface area (Å²) in [6, 6.07) is 0. The quantitative estimate of drug-likeness (QED) is 0.809. The van der Waals surface area contributed by atoms with E-state index >= 15 is 0 Å². The van der Waals surface area contributed by atoms with Gasteiger partial charge in [-0.15, -0.1) is 0 Å². The van der Waals surface area contributed by atoms with Crippen molar-refractivity contribution in [2.45, 2.75) is 37.5 Å². The summed E-state index contributed by atoms with van der Waals surface area (Å²) in [7, 11) is 0. The number of hydrogen-bond acceptors (Lipinski definition) is 4. The highest BCUT2D eigenvalue weighted by atomic mass is 16.5. The van der Waals surface area contributed by atoms with E-state index in [2.05, 4.69) is 20.5 Å². The van der Waals surface area contributed by atoms with Crippen LogP contribution in [0.15, 0.2) is 0 Å². The molecular weight excluding hydrogens is 216 g/mol. The van der Waals surface area contributed by atoms with Gasteiger partial charge in [0.1, 0.15) is 5.82 Å². The van der Waals surface area contributed by atoms with E-state index < -0.39 is 0 Å². The molecule has 5 heteroatoms. The van der Waals surface area contributed by atoms with Gasteiger partial charge in [0.2, 0.25) is 0 Å². The third kappa shape index (κ3) is 2.50. The van der Waals surface area contributed by atoms with Crippen LogP contribution in [0.25, 0.3) is 0 Å². The topological polar surface area (TPSA) is 62.8 Å². The monoisotopic (exact) mass is 236 g/mol. The number of H-pyrrole nitrogens is 1. The molecule has 5 nitrogen and oxygen atoms in total. The molecule has 0 spiro atoms. The fourth-order valence-electron chi connectivity index (χ4n) is 2.69. The molecule has 3 heterocycles. The minimum atomic E-state index is 0.399. The molecule has 0 aromatic carbocycles.